The average molecular weight is 624 g/mol. The Hall–Kier alpha value is -6.38. The van der Waals surface area contributed by atoms with E-state index in [1.54, 1.807) is 0 Å². The van der Waals surface area contributed by atoms with Crippen LogP contribution in [0.5, 0.6) is 0 Å². The first-order valence-corrected chi connectivity index (χ1v) is 17.0. The summed E-state index contributed by atoms with van der Waals surface area (Å²) in [5.41, 5.74) is 18.5. The maximum Gasteiger partial charge on any atom is 0.213 e. The van der Waals surface area contributed by atoms with E-state index in [-0.39, 0.29) is 5.92 Å². The molecule has 0 atom stereocenters. The second-order valence-electron chi connectivity index (χ2n) is 13.2. The molecule has 0 aliphatic heterocycles. The summed E-state index contributed by atoms with van der Waals surface area (Å²) in [6.07, 6.45) is 0. The van der Waals surface area contributed by atoms with Gasteiger partial charge in [0.25, 0.3) is 0 Å². The molecule has 0 N–H and O–H groups in total. The van der Waals surface area contributed by atoms with Gasteiger partial charge in [0, 0.05) is 22.4 Å². The lowest BCUT2D eigenvalue weighted by Crippen LogP contribution is -2.05. The first kappa shape index (κ1) is 26.7. The van der Waals surface area contributed by atoms with Crippen molar-refractivity contribution in [3.8, 4) is 27.9 Å². The highest BCUT2D eigenvalue weighted by molar-refractivity contribution is 6.20. The summed E-state index contributed by atoms with van der Waals surface area (Å²) in [4.78, 5) is 0. The molecule has 2 aliphatic carbocycles. The Bertz CT molecular complexity index is 2730. The second kappa shape index (κ2) is 10.1. The number of fused-ring (bicyclic) bond motifs is 11. The Kier molecular flexibility index (Phi) is 5.47. The zero-order valence-corrected chi connectivity index (χ0v) is 26.6. The van der Waals surface area contributed by atoms with Gasteiger partial charge in [-0.15, -0.1) is 0 Å². The van der Waals surface area contributed by atoms with Crippen LogP contribution in [0.2, 0.25) is 0 Å². The van der Waals surface area contributed by atoms with Crippen molar-refractivity contribution in [1.29, 1.82) is 0 Å². The van der Waals surface area contributed by atoms with Gasteiger partial charge in [0.2, 0.25) is 5.71 Å². The maximum atomic E-state index is 6.57. The van der Waals surface area contributed by atoms with Crippen LogP contribution < -0.4 is 0 Å². The van der Waals surface area contributed by atoms with Gasteiger partial charge >= 0.3 is 0 Å². The number of aromatic nitrogens is 1. The van der Waals surface area contributed by atoms with Crippen molar-refractivity contribution in [1.82, 2.24) is 4.57 Å². The van der Waals surface area contributed by atoms with E-state index < -0.39 is 0 Å². The Balaban J connectivity index is 1.19. The molecule has 0 saturated heterocycles. The summed E-state index contributed by atoms with van der Waals surface area (Å²) in [7, 11) is 0. The molecule has 49 heavy (non-hydrogen) atoms. The predicted molar refractivity (Wildman–Crippen MR) is 202 cm³/mol. The minimum absolute atomic E-state index is 0.0851. The Morgan fingerprint density at radius 1 is 0.449 bits per heavy atom. The summed E-state index contributed by atoms with van der Waals surface area (Å²) in [6.45, 7) is 0. The van der Waals surface area contributed by atoms with Crippen LogP contribution in [0.1, 0.15) is 33.7 Å². The zero-order chi connectivity index (χ0) is 32.1. The van der Waals surface area contributed by atoms with E-state index in [9.17, 15) is 0 Å². The fourth-order valence-corrected chi connectivity index (χ4v) is 8.72. The van der Waals surface area contributed by atoms with Crippen molar-refractivity contribution < 1.29 is 4.42 Å². The van der Waals surface area contributed by atoms with Crippen molar-refractivity contribution >= 4 is 44.1 Å². The number of allylic oxidation sites excluding steroid dienone is 1. The van der Waals surface area contributed by atoms with E-state index in [0.29, 0.717) is 0 Å². The summed E-state index contributed by atoms with van der Waals surface area (Å²) in [5, 5.41) is 3.51. The van der Waals surface area contributed by atoms with E-state index in [0.717, 1.165) is 33.3 Å². The molecule has 2 aliphatic rings. The SMILES string of the molecule is c1ccc2c(c1)C(=C(c1ccc(-n3c4ccccc4c4c5ccccc5oc43)cc1)C1c3ccccc3-c3ccccc31)c1ccccc1-2. The lowest BCUT2D eigenvalue weighted by Gasteiger charge is -2.23. The zero-order valence-electron chi connectivity index (χ0n) is 26.6. The molecule has 9 aromatic rings. The van der Waals surface area contributed by atoms with Crippen molar-refractivity contribution in [2.24, 2.45) is 0 Å². The van der Waals surface area contributed by atoms with E-state index in [1.165, 1.54) is 66.6 Å². The van der Waals surface area contributed by atoms with Crippen molar-refractivity contribution in [2.75, 3.05) is 0 Å². The smallest absolute Gasteiger partial charge is 0.213 e. The van der Waals surface area contributed by atoms with Gasteiger partial charge in [-0.1, -0.05) is 146 Å². The highest BCUT2D eigenvalue weighted by Gasteiger charge is 2.36. The topological polar surface area (TPSA) is 18.1 Å². The number of furan rings is 1. The lowest BCUT2D eigenvalue weighted by molar-refractivity contribution is 0.645. The molecule has 0 saturated carbocycles. The molecule has 0 bridgehead atoms. The lowest BCUT2D eigenvalue weighted by atomic mass is 9.80. The van der Waals surface area contributed by atoms with Gasteiger partial charge in [-0.3, -0.25) is 4.57 Å². The van der Waals surface area contributed by atoms with Crippen LogP contribution >= 0.6 is 0 Å². The Morgan fingerprint density at radius 3 is 1.61 bits per heavy atom. The van der Waals surface area contributed by atoms with Gasteiger partial charge in [-0.05, 0) is 85.5 Å². The van der Waals surface area contributed by atoms with E-state index >= 15 is 0 Å². The number of nitrogens with zero attached hydrogens (tertiary/aromatic N) is 1. The normalized spacial score (nSPS) is 13.2. The molecule has 0 amide bonds. The fourth-order valence-electron chi connectivity index (χ4n) is 8.72. The predicted octanol–water partition coefficient (Wildman–Crippen LogP) is 12.3. The largest absolute Gasteiger partial charge is 0.439 e. The van der Waals surface area contributed by atoms with Crippen molar-refractivity contribution in [3.63, 3.8) is 0 Å². The summed E-state index contributed by atoms with van der Waals surface area (Å²) in [6, 6.07) is 61.9. The van der Waals surface area contributed by atoms with Gasteiger partial charge in [-0.2, -0.15) is 0 Å². The highest BCUT2D eigenvalue weighted by atomic mass is 16.3. The first-order valence-electron chi connectivity index (χ1n) is 17.0. The maximum absolute atomic E-state index is 6.57. The molecule has 2 heterocycles. The van der Waals surface area contributed by atoms with Gasteiger partial charge in [0.05, 0.1) is 10.9 Å². The summed E-state index contributed by atoms with van der Waals surface area (Å²) >= 11 is 0. The van der Waals surface area contributed by atoms with Gasteiger partial charge in [-0.25, -0.2) is 0 Å². The molecular weight excluding hydrogens is 595 g/mol. The minimum Gasteiger partial charge on any atom is -0.439 e. The van der Waals surface area contributed by atoms with Crippen LogP contribution in [0.3, 0.4) is 0 Å². The van der Waals surface area contributed by atoms with Crippen LogP contribution in [0, 0.1) is 0 Å². The third kappa shape index (κ3) is 3.66. The van der Waals surface area contributed by atoms with Crippen LogP contribution in [0.25, 0.3) is 72.1 Å². The number of para-hydroxylation sites is 2. The molecule has 0 radical (unpaired) electrons. The molecule has 2 heteroatoms. The number of rotatable bonds is 3. The van der Waals surface area contributed by atoms with Gasteiger partial charge in [0.15, 0.2) is 0 Å². The Labute approximate surface area is 283 Å². The van der Waals surface area contributed by atoms with Crippen LogP contribution in [-0.4, -0.2) is 4.57 Å². The second-order valence-corrected chi connectivity index (χ2v) is 13.2. The van der Waals surface area contributed by atoms with Gasteiger partial charge in [0.1, 0.15) is 5.58 Å². The Morgan fingerprint density at radius 2 is 0.959 bits per heavy atom. The molecule has 228 valence electrons. The standard InChI is InChI=1S/C47H29NO/c1-5-17-35-31(13-1)32-14-2-6-18-36(32)44(35)43(45-37-19-7-3-15-33(37)34-16-4-8-20-38(34)45)29-25-27-30(28-26-29)48-41-23-11-9-21-39(41)46-40-22-10-12-24-42(40)49-47(46)48/h1-28,44H. The monoisotopic (exact) mass is 623 g/mol. The number of hydrogen-bond acceptors (Lipinski definition) is 1. The molecule has 0 unspecified atom stereocenters. The molecule has 0 fully saturated rings. The van der Waals surface area contributed by atoms with Crippen LogP contribution in [-0.2, 0) is 0 Å². The van der Waals surface area contributed by atoms with Gasteiger partial charge < -0.3 is 4.42 Å². The quantitative estimate of drug-likeness (QED) is 0.191. The third-order valence-corrected chi connectivity index (χ3v) is 10.7. The number of hydrogen-bond donors (Lipinski definition) is 0. The molecule has 2 aromatic heterocycles. The first-order chi connectivity index (χ1) is 24.3. The highest BCUT2D eigenvalue weighted by Crippen LogP contribution is 2.56. The van der Waals surface area contributed by atoms with E-state index in [1.807, 2.05) is 6.07 Å². The number of benzene rings is 7. The summed E-state index contributed by atoms with van der Waals surface area (Å²) in [5.74, 6) is 0.0851. The minimum atomic E-state index is 0.0851. The van der Waals surface area contributed by atoms with Crippen LogP contribution in [0.15, 0.2) is 174 Å². The van der Waals surface area contributed by atoms with Crippen molar-refractivity contribution in [3.05, 3.63) is 198 Å². The molecule has 11 rings (SSSR count). The van der Waals surface area contributed by atoms with E-state index in [4.69, 9.17) is 4.42 Å². The average Bonchev–Trinajstić information content (AvgIpc) is 3.89. The molecule has 7 aromatic carbocycles. The van der Waals surface area contributed by atoms with Crippen LogP contribution in [0.4, 0.5) is 0 Å². The molecule has 0 spiro atoms. The fraction of sp³-hybridized carbons (Fsp3) is 0.0213. The summed E-state index contributed by atoms with van der Waals surface area (Å²) < 4.78 is 8.85. The molecule has 2 nitrogen and oxygen atoms in total. The van der Waals surface area contributed by atoms with E-state index in [2.05, 4.69) is 168 Å². The van der Waals surface area contributed by atoms with Crippen molar-refractivity contribution in [2.45, 2.75) is 5.92 Å². The molecular formula is C47H29NO. The third-order valence-electron chi connectivity index (χ3n) is 10.7.